The number of para-hydroxylation sites is 1. The van der Waals surface area contributed by atoms with Crippen molar-refractivity contribution in [3.05, 3.63) is 53.6 Å². The van der Waals surface area contributed by atoms with Crippen molar-refractivity contribution in [2.45, 2.75) is 12.6 Å². The highest BCUT2D eigenvalue weighted by atomic mass is 16.7. The zero-order chi connectivity index (χ0) is 23.2. The number of carbonyl (C=O) groups is 3. The van der Waals surface area contributed by atoms with E-state index in [9.17, 15) is 14.4 Å². The average molecular weight is 455 g/mol. The molecule has 2 aliphatic heterocycles. The fourth-order valence-corrected chi connectivity index (χ4v) is 3.68. The number of hydrogen-bond acceptors (Lipinski definition) is 7. The molecule has 1 saturated heterocycles. The first-order valence-electron chi connectivity index (χ1n) is 10.6. The van der Waals surface area contributed by atoms with Gasteiger partial charge in [0.25, 0.3) is 5.91 Å². The summed E-state index contributed by atoms with van der Waals surface area (Å²) in [6, 6.07) is 12.4. The maximum absolute atomic E-state index is 12.9. The molecule has 1 fully saturated rings. The third-order valence-electron chi connectivity index (χ3n) is 5.39. The molecular formula is C23H25N3O7. The van der Waals surface area contributed by atoms with E-state index in [0.29, 0.717) is 36.6 Å². The maximum Gasteiger partial charge on any atom is 0.309 e. The van der Waals surface area contributed by atoms with Crippen LogP contribution in [-0.4, -0.2) is 69.0 Å². The Hall–Kier alpha value is -3.79. The van der Waals surface area contributed by atoms with Gasteiger partial charge in [0.1, 0.15) is 12.0 Å². The van der Waals surface area contributed by atoms with E-state index in [1.54, 1.807) is 25.3 Å². The molecule has 0 radical (unpaired) electrons. The Bertz CT molecular complexity index is 1040. The van der Waals surface area contributed by atoms with E-state index >= 15 is 0 Å². The van der Waals surface area contributed by atoms with Crippen molar-refractivity contribution in [1.82, 2.24) is 15.5 Å². The minimum Gasteiger partial charge on any atom is -0.496 e. The van der Waals surface area contributed by atoms with Gasteiger partial charge in [-0.1, -0.05) is 18.2 Å². The third-order valence-corrected chi connectivity index (χ3v) is 5.39. The normalized spacial score (nSPS) is 16.4. The number of methoxy groups -OCH3 is 1. The van der Waals surface area contributed by atoms with Crippen LogP contribution in [-0.2, 0) is 20.7 Å². The lowest BCUT2D eigenvalue weighted by atomic mass is 10.1. The Labute approximate surface area is 190 Å². The van der Waals surface area contributed by atoms with Crippen LogP contribution < -0.4 is 24.8 Å². The molecule has 2 aliphatic rings. The van der Waals surface area contributed by atoms with Crippen molar-refractivity contribution >= 4 is 17.7 Å². The van der Waals surface area contributed by atoms with Crippen LogP contribution in [0.25, 0.3) is 0 Å². The minimum absolute atomic E-state index is 0.00491. The molecule has 2 aromatic carbocycles. The maximum atomic E-state index is 12.9. The third kappa shape index (κ3) is 5.17. The first-order valence-corrected chi connectivity index (χ1v) is 10.6. The van der Waals surface area contributed by atoms with Crippen molar-refractivity contribution in [3.63, 3.8) is 0 Å². The Kier molecular flexibility index (Phi) is 6.94. The molecule has 174 valence electrons. The predicted octanol–water partition coefficient (Wildman–Crippen LogP) is 0.698. The molecule has 0 spiro atoms. The molecule has 0 unspecified atom stereocenters. The summed E-state index contributed by atoms with van der Waals surface area (Å²) in [7, 11) is 1.58. The Morgan fingerprint density at radius 1 is 1.06 bits per heavy atom. The summed E-state index contributed by atoms with van der Waals surface area (Å²) >= 11 is 0. The van der Waals surface area contributed by atoms with Gasteiger partial charge in [0, 0.05) is 18.7 Å². The Morgan fingerprint density at radius 2 is 1.85 bits per heavy atom. The second-order valence-corrected chi connectivity index (χ2v) is 7.42. The van der Waals surface area contributed by atoms with Crippen LogP contribution in [0, 0.1) is 0 Å². The van der Waals surface area contributed by atoms with Gasteiger partial charge < -0.3 is 34.5 Å². The van der Waals surface area contributed by atoms with Crippen LogP contribution in [0.4, 0.5) is 0 Å². The zero-order valence-electron chi connectivity index (χ0n) is 18.2. The van der Waals surface area contributed by atoms with Gasteiger partial charge in [-0.05, 0) is 36.2 Å². The van der Waals surface area contributed by atoms with E-state index in [1.807, 2.05) is 24.3 Å². The number of nitrogens with zero attached hydrogens (tertiary/aromatic N) is 1. The van der Waals surface area contributed by atoms with Crippen molar-refractivity contribution in [2.24, 2.45) is 0 Å². The average Bonchev–Trinajstić information content (AvgIpc) is 3.51. The fraction of sp³-hybridized carbons (Fsp3) is 0.348. The van der Waals surface area contributed by atoms with Crippen LogP contribution >= 0.6 is 0 Å². The topological polar surface area (TPSA) is 115 Å². The van der Waals surface area contributed by atoms with E-state index in [2.05, 4.69) is 10.6 Å². The highest BCUT2D eigenvalue weighted by Crippen LogP contribution is 2.33. The van der Waals surface area contributed by atoms with Crippen molar-refractivity contribution in [3.8, 4) is 17.2 Å². The monoisotopic (exact) mass is 455 g/mol. The number of carbonyl (C=O) groups excluding carboxylic acids is 3. The zero-order valence-corrected chi connectivity index (χ0v) is 18.2. The van der Waals surface area contributed by atoms with E-state index in [1.165, 1.54) is 4.90 Å². The van der Waals surface area contributed by atoms with Gasteiger partial charge in [-0.15, -0.1) is 0 Å². The molecule has 0 aromatic heterocycles. The van der Waals surface area contributed by atoms with Crippen LogP contribution in [0.2, 0.25) is 0 Å². The fourth-order valence-electron chi connectivity index (χ4n) is 3.68. The summed E-state index contributed by atoms with van der Waals surface area (Å²) in [6.45, 7) is 1.10. The van der Waals surface area contributed by atoms with E-state index in [0.717, 1.165) is 11.3 Å². The smallest absolute Gasteiger partial charge is 0.309 e. The summed E-state index contributed by atoms with van der Waals surface area (Å²) < 4.78 is 21.5. The van der Waals surface area contributed by atoms with Crippen molar-refractivity contribution in [1.29, 1.82) is 0 Å². The van der Waals surface area contributed by atoms with Gasteiger partial charge in [-0.2, -0.15) is 0 Å². The number of nitrogens with one attached hydrogen (secondary N) is 2. The molecule has 2 heterocycles. The van der Waals surface area contributed by atoms with Gasteiger partial charge in [-0.3, -0.25) is 14.4 Å². The highest BCUT2D eigenvalue weighted by molar-refractivity contribution is 6.35. The van der Waals surface area contributed by atoms with Gasteiger partial charge in [-0.25, -0.2) is 0 Å². The SMILES string of the molecule is COc1ccccc1CCNC(=O)C(=O)NC[C@H]1OCCN1C(=O)c1ccc2c(c1)OCO2. The summed E-state index contributed by atoms with van der Waals surface area (Å²) in [5.74, 6) is 0.0195. The standard InChI is InChI=1S/C23H25N3O7/c1-30-17-5-3-2-4-15(17)8-9-24-21(27)22(28)25-13-20-26(10-11-31-20)23(29)16-6-7-18-19(12-16)33-14-32-18/h2-7,12,20H,8-11,13-14H2,1H3,(H,24,27)(H,25,28)/t20-/m1/s1. The Balaban J connectivity index is 1.25. The predicted molar refractivity (Wildman–Crippen MR) is 116 cm³/mol. The molecule has 0 saturated carbocycles. The van der Waals surface area contributed by atoms with E-state index in [4.69, 9.17) is 18.9 Å². The molecule has 10 nitrogen and oxygen atoms in total. The first kappa shape index (κ1) is 22.4. The molecule has 1 atom stereocenters. The lowest BCUT2D eigenvalue weighted by Gasteiger charge is -2.23. The number of amides is 3. The van der Waals surface area contributed by atoms with Crippen LogP contribution in [0.5, 0.6) is 17.2 Å². The Morgan fingerprint density at radius 3 is 2.70 bits per heavy atom. The summed E-state index contributed by atoms with van der Waals surface area (Å²) in [6.07, 6.45) is -0.152. The second kappa shape index (κ2) is 10.2. The van der Waals surface area contributed by atoms with Crippen molar-refractivity contribution < 1.29 is 33.3 Å². The molecule has 0 aliphatic carbocycles. The minimum atomic E-state index is -0.791. The number of rotatable bonds is 7. The first-order chi connectivity index (χ1) is 16.1. The molecule has 2 aromatic rings. The largest absolute Gasteiger partial charge is 0.496 e. The lowest BCUT2D eigenvalue weighted by molar-refractivity contribution is -0.139. The van der Waals surface area contributed by atoms with Crippen LogP contribution in [0.1, 0.15) is 15.9 Å². The second-order valence-electron chi connectivity index (χ2n) is 7.42. The molecule has 4 rings (SSSR count). The lowest BCUT2D eigenvalue weighted by Crippen LogP contribution is -2.47. The van der Waals surface area contributed by atoms with Crippen molar-refractivity contribution in [2.75, 3.05) is 40.1 Å². The summed E-state index contributed by atoms with van der Waals surface area (Å²) in [5.41, 5.74) is 1.35. The summed E-state index contributed by atoms with van der Waals surface area (Å²) in [4.78, 5) is 38.8. The molecule has 33 heavy (non-hydrogen) atoms. The molecule has 0 bridgehead atoms. The van der Waals surface area contributed by atoms with Gasteiger partial charge >= 0.3 is 11.8 Å². The van der Waals surface area contributed by atoms with E-state index < -0.39 is 18.0 Å². The summed E-state index contributed by atoms with van der Waals surface area (Å²) in [5, 5.41) is 5.12. The molecule has 10 heteroatoms. The van der Waals surface area contributed by atoms with Gasteiger partial charge in [0.05, 0.1) is 20.3 Å². The number of ether oxygens (including phenoxy) is 4. The molecular weight excluding hydrogens is 430 g/mol. The van der Waals surface area contributed by atoms with Gasteiger partial charge in [0.15, 0.2) is 11.5 Å². The van der Waals surface area contributed by atoms with Crippen LogP contribution in [0.15, 0.2) is 42.5 Å². The number of benzene rings is 2. The van der Waals surface area contributed by atoms with Gasteiger partial charge in [0.2, 0.25) is 6.79 Å². The number of hydrogen-bond donors (Lipinski definition) is 2. The van der Waals surface area contributed by atoms with E-state index in [-0.39, 0.29) is 25.8 Å². The van der Waals surface area contributed by atoms with Crippen LogP contribution in [0.3, 0.4) is 0 Å². The quantitative estimate of drug-likeness (QED) is 0.591. The number of fused-ring (bicyclic) bond motifs is 1. The molecule has 3 amide bonds. The highest BCUT2D eigenvalue weighted by Gasteiger charge is 2.32. The molecule has 2 N–H and O–H groups in total.